The van der Waals surface area contributed by atoms with Gasteiger partial charge in [-0.15, -0.1) is 0 Å². The average molecular weight is 275 g/mol. The quantitative estimate of drug-likeness (QED) is 0.748. The molecule has 1 N–H and O–H groups in total. The number of ether oxygens (including phenoxy) is 1. The Labute approximate surface area is 122 Å². The van der Waals surface area contributed by atoms with Crippen molar-refractivity contribution in [3.63, 3.8) is 0 Å². The van der Waals surface area contributed by atoms with Crippen LogP contribution in [0.25, 0.3) is 10.8 Å². The van der Waals surface area contributed by atoms with Gasteiger partial charge in [-0.3, -0.25) is 0 Å². The molecule has 0 radical (unpaired) electrons. The maximum Gasteiger partial charge on any atom is 0.169 e. The smallest absolute Gasteiger partial charge is 0.169 e. The molecule has 3 heteroatoms. The average Bonchev–Trinajstić information content (AvgIpc) is 2.49. The zero-order valence-electron chi connectivity index (χ0n) is 11.5. The van der Waals surface area contributed by atoms with Crippen molar-refractivity contribution in [2.24, 2.45) is 0 Å². The summed E-state index contributed by atoms with van der Waals surface area (Å²) in [6.45, 7) is 1.91. The lowest BCUT2D eigenvalue weighted by atomic mass is 10.1. The molecule has 102 valence electrons. The van der Waals surface area contributed by atoms with Crippen molar-refractivity contribution in [2.45, 2.75) is 6.92 Å². The number of phenolic OH excluding ortho intramolecular Hbond substituents is 1. The molecule has 3 aromatic rings. The second-order valence-electron chi connectivity index (χ2n) is 4.88. The molecule has 0 saturated carbocycles. The molecule has 0 aromatic heterocycles. The van der Waals surface area contributed by atoms with Crippen molar-refractivity contribution >= 4 is 10.8 Å². The fraction of sp³-hybridized carbons (Fsp3) is 0.0556. The molecule has 21 heavy (non-hydrogen) atoms. The summed E-state index contributed by atoms with van der Waals surface area (Å²) in [6, 6.07) is 18.5. The van der Waals surface area contributed by atoms with Crippen molar-refractivity contribution < 1.29 is 9.84 Å². The van der Waals surface area contributed by atoms with Crippen LogP contribution in [-0.4, -0.2) is 5.11 Å². The summed E-state index contributed by atoms with van der Waals surface area (Å²) in [7, 11) is 0. The number of nitrogens with zero attached hydrogens (tertiary/aromatic N) is 1. The van der Waals surface area contributed by atoms with E-state index in [2.05, 4.69) is 6.07 Å². The first-order valence-corrected chi connectivity index (χ1v) is 6.58. The molecule has 0 amide bonds. The Morgan fingerprint density at radius 1 is 1.00 bits per heavy atom. The van der Waals surface area contributed by atoms with Crippen LogP contribution in [-0.2, 0) is 0 Å². The minimum absolute atomic E-state index is 0.112. The lowest BCUT2D eigenvalue weighted by molar-refractivity contribution is 0.413. The van der Waals surface area contributed by atoms with Crippen molar-refractivity contribution in [1.82, 2.24) is 0 Å². The van der Waals surface area contributed by atoms with E-state index < -0.39 is 0 Å². The second-order valence-corrected chi connectivity index (χ2v) is 4.88. The van der Waals surface area contributed by atoms with Gasteiger partial charge in [0.25, 0.3) is 0 Å². The van der Waals surface area contributed by atoms with Crippen molar-refractivity contribution in [3.05, 3.63) is 65.7 Å². The van der Waals surface area contributed by atoms with E-state index in [4.69, 9.17) is 10.00 Å². The Bertz CT molecular complexity index is 863. The molecular formula is C18H13NO2. The highest BCUT2D eigenvalue weighted by atomic mass is 16.5. The summed E-state index contributed by atoms with van der Waals surface area (Å²) in [6.07, 6.45) is 0. The van der Waals surface area contributed by atoms with Gasteiger partial charge in [0.15, 0.2) is 11.5 Å². The molecule has 0 aliphatic heterocycles. The topological polar surface area (TPSA) is 53.2 Å². The maximum absolute atomic E-state index is 9.94. The Morgan fingerprint density at radius 3 is 2.62 bits per heavy atom. The number of nitriles is 1. The van der Waals surface area contributed by atoms with Crippen LogP contribution in [0.3, 0.4) is 0 Å². The molecule has 0 fully saturated rings. The number of aromatic hydroxyl groups is 1. The summed E-state index contributed by atoms with van der Waals surface area (Å²) in [5.41, 5.74) is 1.58. The highest BCUT2D eigenvalue weighted by molar-refractivity contribution is 5.89. The van der Waals surface area contributed by atoms with Crippen molar-refractivity contribution in [3.8, 4) is 23.3 Å². The third-order valence-corrected chi connectivity index (χ3v) is 3.30. The van der Waals surface area contributed by atoms with E-state index >= 15 is 0 Å². The molecule has 0 spiro atoms. The molecule has 3 aromatic carbocycles. The van der Waals surface area contributed by atoms with E-state index in [1.165, 1.54) is 0 Å². The lowest BCUT2D eigenvalue weighted by Crippen LogP contribution is -1.87. The number of phenols is 1. The Balaban J connectivity index is 2.06. The van der Waals surface area contributed by atoms with Gasteiger partial charge in [0, 0.05) is 5.39 Å². The van der Waals surface area contributed by atoms with Crippen LogP contribution in [0.4, 0.5) is 0 Å². The van der Waals surface area contributed by atoms with Gasteiger partial charge in [0.2, 0.25) is 0 Å². The highest BCUT2D eigenvalue weighted by Gasteiger charge is 2.07. The number of aryl methyl sites for hydroxylation is 1. The van der Waals surface area contributed by atoms with Crippen molar-refractivity contribution in [2.75, 3.05) is 0 Å². The number of rotatable bonds is 2. The fourth-order valence-electron chi connectivity index (χ4n) is 2.24. The first-order valence-electron chi connectivity index (χ1n) is 6.58. The first kappa shape index (κ1) is 13.0. The normalized spacial score (nSPS) is 10.3. The van der Waals surface area contributed by atoms with Crippen LogP contribution in [0.1, 0.15) is 11.1 Å². The largest absolute Gasteiger partial charge is 0.504 e. The number of hydrogen-bond acceptors (Lipinski definition) is 3. The number of hydrogen-bond donors (Lipinski definition) is 1. The SMILES string of the molecule is Cc1ccc(Oc2cccc3cc(C#N)ccc23)c(O)c1. The molecule has 3 rings (SSSR count). The molecule has 0 atom stereocenters. The third-order valence-electron chi connectivity index (χ3n) is 3.30. The summed E-state index contributed by atoms with van der Waals surface area (Å²) < 4.78 is 5.82. The van der Waals surface area contributed by atoms with Gasteiger partial charge in [0.05, 0.1) is 11.6 Å². The summed E-state index contributed by atoms with van der Waals surface area (Å²) in [4.78, 5) is 0. The lowest BCUT2D eigenvalue weighted by Gasteiger charge is -2.11. The van der Waals surface area contributed by atoms with E-state index in [1.54, 1.807) is 18.2 Å². The van der Waals surface area contributed by atoms with E-state index in [0.717, 1.165) is 16.3 Å². The van der Waals surface area contributed by atoms with Crippen LogP contribution in [0.15, 0.2) is 54.6 Å². The predicted octanol–water partition coefficient (Wildman–Crippen LogP) is 4.52. The second kappa shape index (κ2) is 5.18. The Morgan fingerprint density at radius 2 is 1.86 bits per heavy atom. The van der Waals surface area contributed by atoms with Gasteiger partial charge >= 0.3 is 0 Å². The van der Waals surface area contributed by atoms with Gasteiger partial charge in [-0.1, -0.05) is 18.2 Å². The molecule has 0 bridgehead atoms. The molecule has 0 unspecified atom stereocenters. The summed E-state index contributed by atoms with van der Waals surface area (Å²) in [5.74, 6) is 1.18. The number of fused-ring (bicyclic) bond motifs is 1. The molecule has 0 aliphatic carbocycles. The minimum atomic E-state index is 0.112. The van der Waals surface area contributed by atoms with Crippen LogP contribution in [0.5, 0.6) is 17.2 Å². The zero-order valence-corrected chi connectivity index (χ0v) is 11.5. The van der Waals surface area contributed by atoms with Crippen LogP contribution in [0, 0.1) is 18.3 Å². The molecule has 0 saturated heterocycles. The van der Waals surface area contributed by atoms with Gasteiger partial charge in [-0.05, 0) is 54.3 Å². The molecule has 3 nitrogen and oxygen atoms in total. The van der Waals surface area contributed by atoms with Gasteiger partial charge < -0.3 is 9.84 Å². The standard InChI is InChI=1S/C18H13NO2/c1-12-5-8-18(16(20)9-12)21-17-4-2-3-14-10-13(11-19)6-7-15(14)17/h2-10,20H,1H3. The molecule has 0 aliphatic rings. The summed E-state index contributed by atoms with van der Waals surface area (Å²) in [5, 5.41) is 20.7. The third kappa shape index (κ3) is 2.52. The minimum Gasteiger partial charge on any atom is -0.504 e. The highest BCUT2D eigenvalue weighted by Crippen LogP contribution is 2.35. The number of benzene rings is 3. The van der Waals surface area contributed by atoms with E-state index in [9.17, 15) is 5.11 Å². The maximum atomic E-state index is 9.94. The molecular weight excluding hydrogens is 262 g/mol. The van der Waals surface area contributed by atoms with E-state index in [1.807, 2.05) is 43.3 Å². The predicted molar refractivity (Wildman–Crippen MR) is 81.6 cm³/mol. The van der Waals surface area contributed by atoms with Gasteiger partial charge in [-0.25, -0.2) is 0 Å². The Kier molecular flexibility index (Phi) is 3.21. The van der Waals surface area contributed by atoms with E-state index in [-0.39, 0.29) is 5.75 Å². The van der Waals surface area contributed by atoms with Crippen LogP contribution in [0.2, 0.25) is 0 Å². The van der Waals surface area contributed by atoms with Gasteiger partial charge in [0.1, 0.15) is 5.75 Å². The van der Waals surface area contributed by atoms with Crippen LogP contribution >= 0.6 is 0 Å². The van der Waals surface area contributed by atoms with Gasteiger partial charge in [-0.2, -0.15) is 5.26 Å². The first-order chi connectivity index (χ1) is 10.2. The fourth-order valence-corrected chi connectivity index (χ4v) is 2.24. The summed E-state index contributed by atoms with van der Waals surface area (Å²) >= 11 is 0. The zero-order chi connectivity index (χ0) is 14.8. The van der Waals surface area contributed by atoms with Crippen molar-refractivity contribution in [1.29, 1.82) is 5.26 Å². The van der Waals surface area contributed by atoms with E-state index in [0.29, 0.717) is 17.1 Å². The van der Waals surface area contributed by atoms with Crippen LogP contribution < -0.4 is 4.74 Å². The Hall–Kier alpha value is -2.99. The monoisotopic (exact) mass is 275 g/mol. The molecule has 0 heterocycles.